The van der Waals surface area contributed by atoms with E-state index in [2.05, 4.69) is 16.9 Å². The molecule has 0 saturated carbocycles. The first kappa shape index (κ1) is 23.8. The average molecular weight is 424 g/mol. The number of hydrogen-bond acceptors (Lipinski definition) is 6. The zero-order valence-corrected chi connectivity index (χ0v) is 18.1. The summed E-state index contributed by atoms with van der Waals surface area (Å²) in [6.07, 6.45) is 1.41. The van der Waals surface area contributed by atoms with Gasteiger partial charge in [0.15, 0.2) is 0 Å². The van der Waals surface area contributed by atoms with Gasteiger partial charge >= 0.3 is 11.9 Å². The highest BCUT2D eigenvalue weighted by Crippen LogP contribution is 2.17. The molecule has 1 atom stereocenters. The molecular formula is C24H28N2O5. The summed E-state index contributed by atoms with van der Waals surface area (Å²) >= 11 is 0. The second-order valence-electron chi connectivity index (χ2n) is 7.84. The van der Waals surface area contributed by atoms with E-state index in [1.54, 1.807) is 39.0 Å². The van der Waals surface area contributed by atoms with Crippen LogP contribution in [0.3, 0.4) is 0 Å². The number of amides is 1. The smallest absolute Gasteiger partial charge is 0.328 e. The van der Waals surface area contributed by atoms with E-state index in [0.717, 1.165) is 5.56 Å². The van der Waals surface area contributed by atoms with Crippen LogP contribution < -0.4 is 5.32 Å². The third-order valence-electron chi connectivity index (χ3n) is 4.04. The molecule has 0 bridgehead atoms. The largest absolute Gasteiger partial charge is 0.460 e. The van der Waals surface area contributed by atoms with Gasteiger partial charge in [0.25, 0.3) is 5.91 Å². The number of benzene rings is 1. The van der Waals surface area contributed by atoms with Crippen LogP contribution in [0.5, 0.6) is 0 Å². The lowest BCUT2D eigenvalue weighted by Gasteiger charge is -2.21. The molecule has 0 radical (unpaired) electrons. The molecule has 7 nitrogen and oxygen atoms in total. The number of pyridine rings is 1. The number of esters is 2. The molecule has 0 aliphatic heterocycles. The van der Waals surface area contributed by atoms with Crippen LogP contribution in [-0.4, -0.2) is 41.1 Å². The van der Waals surface area contributed by atoms with Gasteiger partial charge in [-0.3, -0.25) is 9.59 Å². The van der Waals surface area contributed by atoms with E-state index in [-0.39, 0.29) is 25.1 Å². The van der Waals surface area contributed by atoms with Crippen LogP contribution in [0.4, 0.5) is 0 Å². The first-order valence-corrected chi connectivity index (χ1v) is 10.0. The first-order valence-electron chi connectivity index (χ1n) is 10.0. The lowest BCUT2D eigenvalue weighted by molar-refractivity contribution is -0.155. The maximum Gasteiger partial charge on any atom is 0.328 e. The number of nitrogens with zero attached hydrogens (tertiary/aromatic N) is 1. The second kappa shape index (κ2) is 11.1. The Bertz CT molecular complexity index is 919. The summed E-state index contributed by atoms with van der Waals surface area (Å²) in [4.78, 5) is 41.6. The van der Waals surface area contributed by atoms with E-state index in [9.17, 15) is 14.4 Å². The predicted octanol–water partition coefficient (Wildman–Crippen LogP) is 3.70. The van der Waals surface area contributed by atoms with Crippen molar-refractivity contribution in [2.24, 2.45) is 0 Å². The first-order chi connectivity index (χ1) is 14.7. The van der Waals surface area contributed by atoms with E-state index in [1.807, 2.05) is 30.3 Å². The van der Waals surface area contributed by atoms with Crippen molar-refractivity contribution in [3.05, 3.63) is 66.9 Å². The number of carbonyl (C=O) groups excluding carboxylic acids is 3. The lowest BCUT2D eigenvalue weighted by Crippen LogP contribution is -2.42. The van der Waals surface area contributed by atoms with Gasteiger partial charge in [-0.05, 0) is 39.3 Å². The molecule has 1 aromatic carbocycles. The van der Waals surface area contributed by atoms with Crippen molar-refractivity contribution in [3.63, 3.8) is 0 Å². The molecule has 0 saturated heterocycles. The third-order valence-corrected chi connectivity index (χ3v) is 4.04. The normalized spacial score (nSPS) is 11.8. The van der Waals surface area contributed by atoms with Crippen LogP contribution in [0.2, 0.25) is 0 Å². The summed E-state index contributed by atoms with van der Waals surface area (Å²) in [5, 5.41) is 2.62. The lowest BCUT2D eigenvalue weighted by atomic mass is 10.1. The molecule has 31 heavy (non-hydrogen) atoms. The Labute approximate surface area is 182 Å². The van der Waals surface area contributed by atoms with Crippen LogP contribution in [-0.2, 0) is 19.1 Å². The number of nitrogens with one attached hydrogen (secondary N) is 1. The number of rotatable bonds is 9. The summed E-state index contributed by atoms with van der Waals surface area (Å²) in [5.74, 6) is -1.66. The van der Waals surface area contributed by atoms with Crippen LogP contribution in [0.1, 0.15) is 44.1 Å². The molecule has 2 rings (SSSR count). The highest BCUT2D eigenvalue weighted by molar-refractivity contribution is 5.95. The predicted molar refractivity (Wildman–Crippen MR) is 117 cm³/mol. The molecule has 2 aromatic rings. The van der Waals surface area contributed by atoms with Crippen molar-refractivity contribution in [1.82, 2.24) is 10.3 Å². The molecule has 0 fully saturated rings. The second-order valence-corrected chi connectivity index (χ2v) is 7.84. The Hall–Kier alpha value is -3.48. The molecule has 0 unspecified atom stereocenters. The molecule has 0 aliphatic carbocycles. The summed E-state index contributed by atoms with van der Waals surface area (Å²) in [6.45, 7) is 8.78. The van der Waals surface area contributed by atoms with Crippen LogP contribution in [0, 0.1) is 0 Å². The molecule has 1 amide bonds. The fourth-order valence-electron chi connectivity index (χ4n) is 2.71. The Morgan fingerprint density at radius 1 is 1.10 bits per heavy atom. The van der Waals surface area contributed by atoms with E-state index in [1.165, 1.54) is 6.08 Å². The number of carbonyl (C=O) groups is 3. The van der Waals surface area contributed by atoms with E-state index >= 15 is 0 Å². The van der Waals surface area contributed by atoms with E-state index in [4.69, 9.17) is 9.47 Å². The summed E-state index contributed by atoms with van der Waals surface area (Å²) < 4.78 is 10.3. The van der Waals surface area contributed by atoms with Gasteiger partial charge in [0.1, 0.15) is 23.9 Å². The average Bonchev–Trinajstić information content (AvgIpc) is 2.74. The Kier molecular flexibility index (Phi) is 8.49. The van der Waals surface area contributed by atoms with Crippen molar-refractivity contribution in [2.45, 2.75) is 45.3 Å². The molecule has 0 spiro atoms. The molecular weight excluding hydrogens is 396 g/mol. The van der Waals surface area contributed by atoms with Gasteiger partial charge in [0, 0.05) is 12.0 Å². The van der Waals surface area contributed by atoms with E-state index in [0.29, 0.717) is 5.69 Å². The monoisotopic (exact) mass is 424 g/mol. The summed E-state index contributed by atoms with van der Waals surface area (Å²) in [6, 6.07) is 13.5. The fraction of sp³-hybridized carbons (Fsp3) is 0.333. The van der Waals surface area contributed by atoms with E-state index < -0.39 is 29.5 Å². The topological polar surface area (TPSA) is 94.6 Å². The summed E-state index contributed by atoms with van der Waals surface area (Å²) in [7, 11) is 0. The Morgan fingerprint density at radius 3 is 2.45 bits per heavy atom. The minimum atomic E-state index is -1.03. The number of ether oxygens (including phenoxy) is 2. The van der Waals surface area contributed by atoms with Crippen LogP contribution in [0.25, 0.3) is 11.3 Å². The van der Waals surface area contributed by atoms with Gasteiger partial charge in [-0.1, -0.05) is 49.1 Å². The zero-order valence-electron chi connectivity index (χ0n) is 18.1. The Morgan fingerprint density at radius 2 is 1.81 bits per heavy atom. The van der Waals surface area contributed by atoms with Gasteiger partial charge in [-0.15, -0.1) is 0 Å². The highest BCUT2D eigenvalue weighted by atomic mass is 16.6. The van der Waals surface area contributed by atoms with Gasteiger partial charge in [-0.25, -0.2) is 9.78 Å². The molecule has 164 valence electrons. The number of hydrogen-bond donors (Lipinski definition) is 1. The zero-order chi connectivity index (χ0) is 22.9. The molecule has 1 aromatic heterocycles. The van der Waals surface area contributed by atoms with Gasteiger partial charge in [0.2, 0.25) is 0 Å². The summed E-state index contributed by atoms with van der Waals surface area (Å²) in [5.41, 5.74) is 1.01. The highest BCUT2D eigenvalue weighted by Gasteiger charge is 2.26. The fourth-order valence-corrected chi connectivity index (χ4v) is 2.71. The van der Waals surface area contributed by atoms with Crippen molar-refractivity contribution < 1.29 is 23.9 Å². The quantitative estimate of drug-likeness (QED) is 0.487. The molecule has 7 heteroatoms. The maximum atomic E-state index is 12.8. The van der Waals surface area contributed by atoms with Crippen molar-refractivity contribution in [1.29, 1.82) is 0 Å². The Balaban J connectivity index is 2.12. The maximum absolute atomic E-state index is 12.8. The van der Waals surface area contributed by atoms with Crippen molar-refractivity contribution in [2.75, 3.05) is 6.61 Å². The van der Waals surface area contributed by atoms with Gasteiger partial charge in [0.05, 0.1) is 5.69 Å². The molecule has 0 aliphatic rings. The van der Waals surface area contributed by atoms with Crippen molar-refractivity contribution >= 4 is 17.8 Å². The SMILES string of the molecule is C=CCOC(=O)[C@H](CCC(=O)OC(C)(C)C)NC(=O)c1cccc(-c2ccccc2)n1. The minimum absolute atomic E-state index is 0.000611. The van der Waals surface area contributed by atoms with Crippen LogP contribution >= 0.6 is 0 Å². The molecule has 1 N–H and O–H groups in total. The van der Waals surface area contributed by atoms with Crippen LogP contribution in [0.15, 0.2) is 61.2 Å². The number of aromatic nitrogens is 1. The molecule has 1 heterocycles. The van der Waals surface area contributed by atoms with Gasteiger partial charge in [-0.2, -0.15) is 0 Å². The third kappa shape index (κ3) is 8.04. The van der Waals surface area contributed by atoms with Crippen molar-refractivity contribution in [3.8, 4) is 11.3 Å². The minimum Gasteiger partial charge on any atom is -0.460 e. The van der Waals surface area contributed by atoms with Gasteiger partial charge < -0.3 is 14.8 Å². The standard InChI is InChI=1S/C24H28N2O5/c1-5-16-30-23(29)20(14-15-21(27)31-24(2,3)4)26-22(28)19-13-9-12-18(25-19)17-10-7-6-8-11-17/h5-13,20H,1,14-16H2,2-4H3,(H,26,28)/t20-/m0/s1.